The van der Waals surface area contributed by atoms with Gasteiger partial charge in [0, 0.05) is 25.5 Å². The van der Waals surface area contributed by atoms with Gasteiger partial charge in [0.15, 0.2) is 0 Å². The summed E-state index contributed by atoms with van der Waals surface area (Å²) in [5.74, 6) is -0.335. The molecule has 0 aliphatic carbocycles. The van der Waals surface area contributed by atoms with Gasteiger partial charge in [-0.1, -0.05) is 24.2 Å². The summed E-state index contributed by atoms with van der Waals surface area (Å²) in [6.45, 7) is 3.12. The lowest BCUT2D eigenvalue weighted by molar-refractivity contribution is -0.143. The van der Waals surface area contributed by atoms with Crippen molar-refractivity contribution in [3.63, 3.8) is 0 Å². The molecular formula is C13H17N3O3. The van der Waals surface area contributed by atoms with E-state index in [4.69, 9.17) is 5.73 Å². The highest BCUT2D eigenvalue weighted by molar-refractivity contribution is 5.88. The average molecular weight is 263 g/mol. The molecule has 0 aromatic heterocycles. The van der Waals surface area contributed by atoms with E-state index in [0.29, 0.717) is 12.1 Å². The van der Waals surface area contributed by atoms with E-state index in [2.05, 4.69) is 15.3 Å². The van der Waals surface area contributed by atoms with Gasteiger partial charge in [0.25, 0.3) is 0 Å². The van der Waals surface area contributed by atoms with Crippen LogP contribution in [0.2, 0.25) is 0 Å². The fourth-order valence-electron chi connectivity index (χ4n) is 1.32. The van der Waals surface area contributed by atoms with Crippen molar-refractivity contribution in [2.75, 3.05) is 5.32 Å². The highest BCUT2D eigenvalue weighted by atomic mass is 16.7. The lowest BCUT2D eigenvalue weighted by Gasteiger charge is -2.04. The van der Waals surface area contributed by atoms with Gasteiger partial charge in [-0.2, -0.15) is 0 Å². The molecule has 0 bridgehead atoms. The first-order valence-corrected chi connectivity index (χ1v) is 5.90. The van der Waals surface area contributed by atoms with Gasteiger partial charge in [-0.3, -0.25) is 4.79 Å². The zero-order valence-corrected chi connectivity index (χ0v) is 11.0. The molecule has 6 heteroatoms. The van der Waals surface area contributed by atoms with Gasteiger partial charge < -0.3 is 15.9 Å². The van der Waals surface area contributed by atoms with Gasteiger partial charge in [0.2, 0.25) is 5.91 Å². The first-order valence-electron chi connectivity index (χ1n) is 5.90. The van der Waals surface area contributed by atoms with Crippen molar-refractivity contribution < 1.29 is 14.4 Å². The molecule has 6 nitrogen and oxygen atoms in total. The fourth-order valence-corrected chi connectivity index (χ4v) is 1.32. The maximum Gasteiger partial charge on any atom is 0.334 e. The third kappa shape index (κ3) is 5.67. The van der Waals surface area contributed by atoms with Gasteiger partial charge in [-0.05, 0) is 17.7 Å². The molecule has 0 spiro atoms. The van der Waals surface area contributed by atoms with E-state index in [1.54, 1.807) is 19.1 Å². The molecule has 1 amide bonds. The first-order chi connectivity index (χ1) is 9.01. The van der Waals surface area contributed by atoms with E-state index in [-0.39, 0.29) is 18.2 Å². The normalized spacial score (nSPS) is 10.9. The minimum Gasteiger partial charge on any atom is -0.384 e. The Bertz CT molecular complexity index is 480. The molecular weight excluding hydrogens is 246 g/mol. The van der Waals surface area contributed by atoms with Crippen LogP contribution in [-0.2, 0) is 20.8 Å². The van der Waals surface area contributed by atoms with Crippen LogP contribution in [0, 0.1) is 0 Å². The van der Waals surface area contributed by atoms with Crippen LogP contribution in [0.4, 0.5) is 5.69 Å². The van der Waals surface area contributed by atoms with E-state index in [1.165, 1.54) is 6.92 Å². The Balaban J connectivity index is 2.57. The molecule has 19 heavy (non-hydrogen) atoms. The van der Waals surface area contributed by atoms with E-state index < -0.39 is 5.97 Å². The van der Waals surface area contributed by atoms with E-state index in [9.17, 15) is 9.59 Å². The molecule has 0 saturated heterocycles. The maximum absolute atomic E-state index is 10.9. The summed E-state index contributed by atoms with van der Waals surface area (Å²) >= 11 is 0. The van der Waals surface area contributed by atoms with Crippen LogP contribution >= 0.6 is 0 Å². The second kappa shape index (κ2) is 7.15. The first kappa shape index (κ1) is 14.7. The van der Waals surface area contributed by atoms with Crippen LogP contribution in [-0.4, -0.2) is 17.7 Å². The number of nitrogens with zero attached hydrogens (tertiary/aromatic N) is 1. The number of amides is 1. The Morgan fingerprint density at radius 2 is 1.95 bits per heavy atom. The topological polar surface area (TPSA) is 93.8 Å². The van der Waals surface area contributed by atoms with E-state index in [1.807, 2.05) is 12.1 Å². The smallest absolute Gasteiger partial charge is 0.334 e. The summed E-state index contributed by atoms with van der Waals surface area (Å²) in [4.78, 5) is 26.3. The minimum absolute atomic E-state index is 0.125. The lowest BCUT2D eigenvalue weighted by Crippen LogP contribution is -2.16. The summed E-state index contributed by atoms with van der Waals surface area (Å²) in [7, 11) is 0. The number of benzene rings is 1. The Hall–Kier alpha value is -2.37. The SMILES string of the molecule is CCC(=O)O/N=C(/N)Cc1ccc(NC(C)=O)cc1. The Kier molecular flexibility index (Phi) is 5.53. The van der Waals surface area contributed by atoms with Crippen molar-refractivity contribution in [3.8, 4) is 0 Å². The standard InChI is InChI=1S/C13H17N3O3/c1-3-13(18)19-16-12(14)8-10-4-6-11(7-5-10)15-9(2)17/h4-7H,3,8H2,1-2H3,(H2,14,16)(H,15,17). The largest absolute Gasteiger partial charge is 0.384 e. The molecule has 0 radical (unpaired) electrons. The number of oxime groups is 1. The highest BCUT2D eigenvalue weighted by Gasteiger charge is 2.01. The number of nitrogens with two attached hydrogens (primary N) is 1. The maximum atomic E-state index is 10.9. The summed E-state index contributed by atoms with van der Waals surface area (Å²) in [5, 5.41) is 6.20. The molecule has 1 aromatic rings. The summed E-state index contributed by atoms with van der Waals surface area (Å²) in [6.07, 6.45) is 0.625. The lowest BCUT2D eigenvalue weighted by atomic mass is 10.1. The van der Waals surface area contributed by atoms with Gasteiger partial charge in [0.1, 0.15) is 5.84 Å². The summed E-state index contributed by atoms with van der Waals surface area (Å²) in [6, 6.07) is 7.16. The molecule has 102 valence electrons. The number of anilines is 1. The summed E-state index contributed by atoms with van der Waals surface area (Å²) in [5.41, 5.74) is 7.25. The van der Waals surface area contributed by atoms with Crippen molar-refractivity contribution in [2.45, 2.75) is 26.7 Å². The van der Waals surface area contributed by atoms with Crippen LogP contribution in [0.1, 0.15) is 25.8 Å². The monoisotopic (exact) mass is 263 g/mol. The van der Waals surface area contributed by atoms with Crippen LogP contribution in [0.5, 0.6) is 0 Å². The van der Waals surface area contributed by atoms with E-state index >= 15 is 0 Å². The second-order valence-electron chi connectivity index (χ2n) is 3.95. The molecule has 0 aliphatic heterocycles. The molecule has 0 fully saturated rings. The van der Waals surface area contributed by atoms with Gasteiger partial charge in [-0.15, -0.1) is 0 Å². The van der Waals surface area contributed by atoms with Crippen LogP contribution in [0.15, 0.2) is 29.4 Å². The number of hydrogen-bond donors (Lipinski definition) is 2. The number of carbonyl (C=O) groups is 2. The van der Waals surface area contributed by atoms with Crippen molar-refractivity contribution in [2.24, 2.45) is 10.9 Å². The minimum atomic E-state index is -0.427. The number of nitrogens with one attached hydrogen (secondary N) is 1. The molecule has 0 heterocycles. The predicted molar refractivity (Wildman–Crippen MR) is 72.5 cm³/mol. The van der Waals surface area contributed by atoms with Crippen molar-refractivity contribution in [1.82, 2.24) is 0 Å². The van der Waals surface area contributed by atoms with Crippen molar-refractivity contribution >= 4 is 23.4 Å². The average Bonchev–Trinajstić information content (AvgIpc) is 2.37. The summed E-state index contributed by atoms with van der Waals surface area (Å²) < 4.78 is 0. The number of rotatable bonds is 5. The third-order valence-corrected chi connectivity index (χ3v) is 2.21. The zero-order chi connectivity index (χ0) is 14.3. The van der Waals surface area contributed by atoms with E-state index in [0.717, 1.165) is 5.56 Å². The third-order valence-electron chi connectivity index (χ3n) is 2.21. The fraction of sp³-hybridized carbons (Fsp3) is 0.308. The second-order valence-corrected chi connectivity index (χ2v) is 3.95. The van der Waals surface area contributed by atoms with Crippen molar-refractivity contribution in [3.05, 3.63) is 29.8 Å². The Morgan fingerprint density at radius 3 is 2.47 bits per heavy atom. The van der Waals surface area contributed by atoms with Gasteiger partial charge in [-0.25, -0.2) is 4.79 Å². The number of hydrogen-bond acceptors (Lipinski definition) is 4. The number of amidine groups is 1. The highest BCUT2D eigenvalue weighted by Crippen LogP contribution is 2.10. The van der Waals surface area contributed by atoms with Crippen LogP contribution in [0.25, 0.3) is 0 Å². The van der Waals surface area contributed by atoms with Gasteiger partial charge in [0.05, 0.1) is 0 Å². The quantitative estimate of drug-likeness (QED) is 0.363. The van der Waals surface area contributed by atoms with Crippen molar-refractivity contribution in [1.29, 1.82) is 0 Å². The predicted octanol–water partition coefficient (Wildman–Crippen LogP) is 1.41. The molecule has 1 aromatic carbocycles. The van der Waals surface area contributed by atoms with Gasteiger partial charge >= 0.3 is 5.97 Å². The Morgan fingerprint density at radius 1 is 1.32 bits per heavy atom. The van der Waals surface area contributed by atoms with Crippen LogP contribution in [0.3, 0.4) is 0 Å². The molecule has 0 saturated carbocycles. The van der Waals surface area contributed by atoms with Crippen LogP contribution < -0.4 is 11.1 Å². The molecule has 3 N–H and O–H groups in total. The number of carbonyl (C=O) groups excluding carboxylic acids is 2. The Labute approximate surface area is 111 Å². The molecule has 0 aliphatic rings. The molecule has 0 unspecified atom stereocenters. The zero-order valence-electron chi connectivity index (χ0n) is 11.0. The molecule has 0 atom stereocenters. The molecule has 1 rings (SSSR count).